The Hall–Kier alpha value is -1.95. The number of aryl methyl sites for hydroxylation is 1. The lowest BCUT2D eigenvalue weighted by Crippen LogP contribution is -2.37. The zero-order chi connectivity index (χ0) is 14.7. The van der Waals surface area contributed by atoms with Crippen LogP contribution in [0.4, 0.5) is 5.95 Å². The normalized spacial score (nSPS) is 16.4. The zero-order valence-electron chi connectivity index (χ0n) is 12.6. The van der Waals surface area contributed by atoms with E-state index in [0.29, 0.717) is 0 Å². The minimum Gasteiger partial charge on any atom is -0.340 e. The molecular formula is C15H22N6. The van der Waals surface area contributed by atoms with Gasteiger partial charge in [0.1, 0.15) is 5.69 Å². The summed E-state index contributed by atoms with van der Waals surface area (Å²) in [5.41, 5.74) is 1.98. The molecule has 0 amide bonds. The van der Waals surface area contributed by atoms with Gasteiger partial charge in [0, 0.05) is 19.3 Å². The third kappa shape index (κ3) is 3.05. The van der Waals surface area contributed by atoms with Crippen molar-refractivity contribution >= 4 is 5.95 Å². The maximum Gasteiger partial charge on any atom is 0.245 e. The number of piperidine rings is 1. The van der Waals surface area contributed by atoms with E-state index in [1.165, 1.54) is 12.8 Å². The van der Waals surface area contributed by atoms with Gasteiger partial charge in [0.15, 0.2) is 5.82 Å². The fourth-order valence-corrected chi connectivity index (χ4v) is 2.86. The number of hydrogen-bond donors (Lipinski definition) is 2. The predicted octanol–water partition coefficient (Wildman–Crippen LogP) is 1.61. The Morgan fingerprint density at radius 2 is 2.19 bits per heavy atom. The number of nitrogens with zero attached hydrogens (tertiary/aromatic N) is 4. The lowest BCUT2D eigenvalue weighted by molar-refractivity contribution is 0.391. The molecule has 112 valence electrons. The summed E-state index contributed by atoms with van der Waals surface area (Å²) in [5, 5.41) is 10.6. The number of aromatic nitrogens is 4. The number of rotatable bonds is 4. The Morgan fingerprint density at radius 1 is 1.38 bits per heavy atom. The molecule has 1 aliphatic rings. The predicted molar refractivity (Wildman–Crippen MR) is 83.2 cm³/mol. The van der Waals surface area contributed by atoms with Gasteiger partial charge in [-0.2, -0.15) is 4.98 Å². The van der Waals surface area contributed by atoms with E-state index in [9.17, 15) is 0 Å². The highest BCUT2D eigenvalue weighted by molar-refractivity contribution is 5.55. The molecule has 3 rings (SSSR count). The largest absolute Gasteiger partial charge is 0.340 e. The molecule has 0 spiro atoms. The topological polar surface area (TPSA) is 69.7 Å². The highest BCUT2D eigenvalue weighted by Gasteiger charge is 2.22. The Labute approximate surface area is 125 Å². The second-order valence-electron chi connectivity index (χ2n) is 5.64. The van der Waals surface area contributed by atoms with Crippen LogP contribution >= 0.6 is 0 Å². The third-order valence-electron chi connectivity index (χ3n) is 4.10. The van der Waals surface area contributed by atoms with E-state index < -0.39 is 0 Å². The Kier molecular flexibility index (Phi) is 4.15. The minimum absolute atomic E-state index is 0.750. The standard InChI is InChI=1S/C15H22N6/c1-11-4-3-7-17-13(11)14-18-15(20-19-14)21-8-5-12(6-9-21)10-16-2/h3-4,7,12,16H,5-6,8-10H2,1-2H3,(H,18,19,20). The zero-order valence-corrected chi connectivity index (χ0v) is 12.6. The molecule has 1 fully saturated rings. The molecule has 3 heterocycles. The minimum atomic E-state index is 0.750. The van der Waals surface area contributed by atoms with Gasteiger partial charge in [-0.25, -0.2) is 0 Å². The highest BCUT2D eigenvalue weighted by atomic mass is 15.4. The first-order chi connectivity index (χ1) is 10.3. The van der Waals surface area contributed by atoms with Gasteiger partial charge >= 0.3 is 0 Å². The molecule has 1 aliphatic heterocycles. The van der Waals surface area contributed by atoms with E-state index in [-0.39, 0.29) is 0 Å². The summed E-state index contributed by atoms with van der Waals surface area (Å²) in [7, 11) is 2.02. The average molecular weight is 286 g/mol. The van der Waals surface area contributed by atoms with Crippen molar-refractivity contribution in [1.29, 1.82) is 0 Å². The van der Waals surface area contributed by atoms with Crippen molar-refractivity contribution in [2.75, 3.05) is 31.6 Å². The smallest absolute Gasteiger partial charge is 0.245 e. The second-order valence-corrected chi connectivity index (χ2v) is 5.64. The van der Waals surface area contributed by atoms with Crippen LogP contribution in [-0.4, -0.2) is 46.8 Å². The van der Waals surface area contributed by atoms with Crippen molar-refractivity contribution in [3.63, 3.8) is 0 Å². The van der Waals surface area contributed by atoms with Crippen molar-refractivity contribution in [2.45, 2.75) is 19.8 Å². The summed E-state index contributed by atoms with van der Waals surface area (Å²) in [5.74, 6) is 2.31. The molecule has 0 saturated carbocycles. The van der Waals surface area contributed by atoms with E-state index in [1.54, 1.807) is 6.20 Å². The van der Waals surface area contributed by atoms with Crippen molar-refractivity contribution in [3.05, 3.63) is 23.9 Å². The quantitative estimate of drug-likeness (QED) is 0.893. The van der Waals surface area contributed by atoms with Crippen LogP contribution in [0.2, 0.25) is 0 Å². The van der Waals surface area contributed by atoms with Crippen LogP contribution in [0.15, 0.2) is 18.3 Å². The molecule has 0 atom stereocenters. The summed E-state index contributed by atoms with van der Waals surface area (Å²) in [6.07, 6.45) is 4.16. The first-order valence-electron chi connectivity index (χ1n) is 7.52. The molecule has 21 heavy (non-hydrogen) atoms. The van der Waals surface area contributed by atoms with Crippen molar-refractivity contribution in [2.24, 2.45) is 5.92 Å². The Morgan fingerprint density at radius 3 is 2.90 bits per heavy atom. The number of H-pyrrole nitrogens is 1. The fraction of sp³-hybridized carbons (Fsp3) is 0.533. The SMILES string of the molecule is CNCC1CCN(c2n[nH]c(-c3ncccc3C)n2)CC1. The first-order valence-corrected chi connectivity index (χ1v) is 7.52. The molecule has 6 nitrogen and oxygen atoms in total. The van der Waals surface area contributed by atoms with Gasteiger partial charge in [-0.15, -0.1) is 5.10 Å². The van der Waals surface area contributed by atoms with Crippen LogP contribution in [-0.2, 0) is 0 Å². The van der Waals surface area contributed by atoms with Gasteiger partial charge in [0.2, 0.25) is 5.95 Å². The second kappa shape index (κ2) is 6.22. The maximum absolute atomic E-state index is 4.62. The van der Waals surface area contributed by atoms with Crippen LogP contribution < -0.4 is 10.2 Å². The maximum atomic E-state index is 4.62. The number of pyridine rings is 1. The van der Waals surface area contributed by atoms with Gasteiger partial charge < -0.3 is 10.2 Å². The summed E-state index contributed by atoms with van der Waals surface area (Å²) in [4.78, 5) is 11.3. The molecule has 0 unspecified atom stereocenters. The third-order valence-corrected chi connectivity index (χ3v) is 4.10. The molecule has 2 aromatic heterocycles. The van der Waals surface area contributed by atoms with Crippen molar-refractivity contribution in [3.8, 4) is 11.5 Å². The van der Waals surface area contributed by atoms with Gasteiger partial charge in [0.05, 0.1) is 0 Å². The average Bonchev–Trinajstić information content (AvgIpc) is 2.98. The Bertz CT molecular complexity index is 585. The fourth-order valence-electron chi connectivity index (χ4n) is 2.86. The molecule has 0 aliphatic carbocycles. The molecule has 2 N–H and O–H groups in total. The van der Waals surface area contributed by atoms with E-state index in [1.807, 2.05) is 26.1 Å². The van der Waals surface area contributed by atoms with E-state index >= 15 is 0 Å². The van der Waals surface area contributed by atoms with E-state index in [2.05, 4.69) is 30.4 Å². The van der Waals surface area contributed by atoms with Crippen LogP contribution in [0, 0.1) is 12.8 Å². The molecule has 0 radical (unpaired) electrons. The molecule has 6 heteroatoms. The lowest BCUT2D eigenvalue weighted by Gasteiger charge is -2.30. The van der Waals surface area contributed by atoms with Gasteiger partial charge in [-0.3, -0.25) is 10.1 Å². The van der Waals surface area contributed by atoms with Crippen LogP contribution in [0.25, 0.3) is 11.5 Å². The monoisotopic (exact) mass is 286 g/mol. The summed E-state index contributed by atoms with van der Waals surface area (Å²) >= 11 is 0. The molecule has 0 aromatic carbocycles. The van der Waals surface area contributed by atoms with E-state index in [4.69, 9.17) is 0 Å². The highest BCUT2D eigenvalue weighted by Crippen LogP contribution is 2.23. The molecular weight excluding hydrogens is 264 g/mol. The van der Waals surface area contributed by atoms with Crippen molar-refractivity contribution in [1.82, 2.24) is 25.5 Å². The number of aromatic amines is 1. The molecule has 0 bridgehead atoms. The van der Waals surface area contributed by atoms with Crippen molar-refractivity contribution < 1.29 is 0 Å². The Balaban J connectivity index is 1.70. The molecule has 1 saturated heterocycles. The number of hydrogen-bond acceptors (Lipinski definition) is 5. The van der Waals surface area contributed by atoms with E-state index in [0.717, 1.165) is 48.6 Å². The lowest BCUT2D eigenvalue weighted by atomic mass is 9.97. The molecule has 2 aromatic rings. The number of nitrogens with one attached hydrogen (secondary N) is 2. The van der Waals surface area contributed by atoms with Gasteiger partial charge in [0.25, 0.3) is 0 Å². The number of anilines is 1. The van der Waals surface area contributed by atoms with Crippen LogP contribution in [0.3, 0.4) is 0 Å². The first kappa shape index (κ1) is 14.0. The summed E-state index contributed by atoms with van der Waals surface area (Å²) in [6, 6.07) is 3.97. The summed E-state index contributed by atoms with van der Waals surface area (Å²) in [6.45, 7) is 5.17. The van der Waals surface area contributed by atoms with Gasteiger partial charge in [-0.1, -0.05) is 6.07 Å². The van der Waals surface area contributed by atoms with Crippen LogP contribution in [0.1, 0.15) is 18.4 Å². The summed E-state index contributed by atoms with van der Waals surface area (Å²) < 4.78 is 0. The van der Waals surface area contributed by atoms with Crippen LogP contribution in [0.5, 0.6) is 0 Å². The van der Waals surface area contributed by atoms with Gasteiger partial charge in [-0.05, 0) is 50.9 Å².